The number of furan rings is 1. The molecule has 146 valence electrons. The van der Waals surface area contributed by atoms with Gasteiger partial charge in [-0.15, -0.1) is 0 Å². The van der Waals surface area contributed by atoms with Crippen LogP contribution in [0, 0.1) is 12.7 Å². The number of nitrogens with one attached hydrogen (secondary N) is 1. The molecule has 0 aliphatic carbocycles. The van der Waals surface area contributed by atoms with Crippen LogP contribution in [0.15, 0.2) is 39.8 Å². The highest BCUT2D eigenvalue weighted by atomic mass is 32.2. The molecule has 0 saturated carbocycles. The van der Waals surface area contributed by atoms with Gasteiger partial charge in [0.2, 0.25) is 5.09 Å². The number of hydrogen-bond donors (Lipinski definition) is 1. The highest BCUT2D eigenvalue weighted by molar-refractivity contribution is 7.88. The zero-order valence-corrected chi connectivity index (χ0v) is 16.2. The molecular formula is C18H22FN3O4S. The Labute approximate surface area is 157 Å². The number of carbonyl (C=O) groups is 1. The summed E-state index contributed by atoms with van der Waals surface area (Å²) in [6.07, 6.45) is 0. The van der Waals surface area contributed by atoms with Gasteiger partial charge in [-0.25, -0.2) is 17.1 Å². The summed E-state index contributed by atoms with van der Waals surface area (Å²) >= 11 is 0. The fraction of sp³-hybridized carbons (Fsp3) is 0.389. The van der Waals surface area contributed by atoms with E-state index < -0.39 is 10.0 Å². The highest BCUT2D eigenvalue weighted by Crippen LogP contribution is 2.28. The predicted octanol–water partition coefficient (Wildman–Crippen LogP) is 1.76. The average Bonchev–Trinajstić information content (AvgIpc) is 3.03. The molecular weight excluding hydrogens is 373 g/mol. The minimum atomic E-state index is -3.78. The van der Waals surface area contributed by atoms with Crippen LogP contribution in [-0.2, 0) is 10.0 Å². The summed E-state index contributed by atoms with van der Waals surface area (Å²) in [4.78, 5) is 14.8. The summed E-state index contributed by atoms with van der Waals surface area (Å²) < 4.78 is 44.6. The summed E-state index contributed by atoms with van der Waals surface area (Å²) in [6.45, 7) is 3.05. The van der Waals surface area contributed by atoms with Crippen LogP contribution >= 0.6 is 0 Å². The number of amides is 1. The van der Waals surface area contributed by atoms with Crippen LogP contribution in [0.1, 0.15) is 27.7 Å². The molecule has 1 aliphatic rings. The van der Waals surface area contributed by atoms with Crippen molar-refractivity contribution in [3.05, 3.63) is 53.0 Å². The Kier molecular flexibility index (Phi) is 5.36. The van der Waals surface area contributed by atoms with Crippen LogP contribution in [-0.4, -0.2) is 57.3 Å². The summed E-state index contributed by atoms with van der Waals surface area (Å²) in [6, 6.07) is 7.03. The Hall–Kier alpha value is -2.23. The van der Waals surface area contributed by atoms with E-state index in [4.69, 9.17) is 4.42 Å². The number of aryl methyl sites for hydroxylation is 1. The minimum Gasteiger partial charge on any atom is -0.448 e. The number of carbonyl (C=O) groups excluding carboxylic acids is 1. The third-order valence-corrected chi connectivity index (χ3v) is 6.27. The van der Waals surface area contributed by atoms with Crippen molar-refractivity contribution in [1.29, 1.82) is 0 Å². The quantitative estimate of drug-likeness (QED) is 0.853. The normalized spacial score (nSPS) is 18.1. The van der Waals surface area contributed by atoms with Crippen LogP contribution in [0.5, 0.6) is 0 Å². The summed E-state index contributed by atoms with van der Waals surface area (Å²) in [5, 5.41) is 2.93. The summed E-state index contributed by atoms with van der Waals surface area (Å²) in [5.74, 6) is -0.478. The molecule has 1 saturated heterocycles. The maximum atomic E-state index is 13.6. The van der Waals surface area contributed by atoms with E-state index in [1.54, 1.807) is 24.0 Å². The first kappa shape index (κ1) is 19.5. The second kappa shape index (κ2) is 7.41. The van der Waals surface area contributed by atoms with Gasteiger partial charge in [0.25, 0.3) is 15.9 Å². The van der Waals surface area contributed by atoms with Crippen molar-refractivity contribution in [3.8, 4) is 0 Å². The minimum absolute atomic E-state index is 0.193. The molecule has 9 heteroatoms. The second-order valence-corrected chi connectivity index (χ2v) is 8.68. The van der Waals surface area contributed by atoms with E-state index in [9.17, 15) is 17.6 Å². The van der Waals surface area contributed by atoms with Gasteiger partial charge in [0.1, 0.15) is 11.6 Å². The molecule has 1 N–H and O–H groups in total. The number of nitrogens with zero attached hydrogens (tertiary/aromatic N) is 2. The fourth-order valence-corrected chi connectivity index (χ4v) is 3.94. The highest BCUT2D eigenvalue weighted by Gasteiger charge is 2.32. The van der Waals surface area contributed by atoms with E-state index in [-0.39, 0.29) is 34.2 Å². The van der Waals surface area contributed by atoms with Gasteiger partial charge in [-0.05, 0) is 24.6 Å². The lowest BCUT2D eigenvalue weighted by molar-refractivity contribution is 0.0632. The van der Waals surface area contributed by atoms with Crippen molar-refractivity contribution in [2.75, 3.05) is 33.7 Å². The first-order valence-corrected chi connectivity index (χ1v) is 9.96. The Morgan fingerprint density at radius 3 is 2.74 bits per heavy atom. The number of piperazine rings is 1. The Bertz CT molecular complexity index is 955. The van der Waals surface area contributed by atoms with Gasteiger partial charge in [0.15, 0.2) is 0 Å². The van der Waals surface area contributed by atoms with Gasteiger partial charge in [-0.3, -0.25) is 4.79 Å². The zero-order chi connectivity index (χ0) is 19.8. The first-order valence-electron chi connectivity index (χ1n) is 8.52. The van der Waals surface area contributed by atoms with Crippen LogP contribution in [0.4, 0.5) is 4.39 Å². The molecule has 0 bridgehead atoms. The van der Waals surface area contributed by atoms with Gasteiger partial charge in [-0.1, -0.05) is 12.1 Å². The van der Waals surface area contributed by atoms with Gasteiger partial charge in [0.05, 0.1) is 11.6 Å². The molecule has 1 atom stereocenters. The van der Waals surface area contributed by atoms with Crippen LogP contribution in [0.2, 0.25) is 0 Å². The molecule has 1 aromatic carbocycles. The van der Waals surface area contributed by atoms with Crippen LogP contribution < -0.4 is 5.32 Å². The standard InChI is InChI=1S/C18H22FN3O4S/c1-12-15(10-17(26-12)27(24,25)21(2)3)18(23)22-8-7-20-11-16(22)13-5-4-6-14(19)9-13/h4-6,9-10,16,20H,7-8,11H2,1-3H3. The number of hydrogen-bond acceptors (Lipinski definition) is 5. The Morgan fingerprint density at radius 2 is 2.07 bits per heavy atom. The maximum Gasteiger partial charge on any atom is 0.275 e. The lowest BCUT2D eigenvalue weighted by Crippen LogP contribution is -2.48. The molecule has 0 spiro atoms. The molecule has 1 amide bonds. The first-order chi connectivity index (χ1) is 12.7. The number of sulfonamides is 1. The molecule has 1 fully saturated rings. The van der Waals surface area contributed by atoms with E-state index in [0.29, 0.717) is 25.2 Å². The molecule has 27 heavy (non-hydrogen) atoms. The third kappa shape index (κ3) is 3.76. The zero-order valence-electron chi connectivity index (χ0n) is 15.4. The van der Waals surface area contributed by atoms with Crippen molar-refractivity contribution >= 4 is 15.9 Å². The largest absolute Gasteiger partial charge is 0.448 e. The molecule has 0 radical (unpaired) electrons. The molecule has 1 aromatic heterocycles. The lowest BCUT2D eigenvalue weighted by atomic mass is 10.0. The SMILES string of the molecule is Cc1oc(S(=O)(=O)N(C)C)cc1C(=O)N1CCNCC1c1cccc(F)c1. The Morgan fingerprint density at radius 1 is 1.33 bits per heavy atom. The van der Waals surface area contributed by atoms with Crippen LogP contribution in [0.25, 0.3) is 0 Å². The van der Waals surface area contributed by atoms with E-state index in [1.165, 1.54) is 32.3 Å². The smallest absolute Gasteiger partial charge is 0.275 e. The fourth-order valence-electron chi connectivity index (χ4n) is 3.09. The monoisotopic (exact) mass is 395 g/mol. The molecule has 2 heterocycles. The van der Waals surface area contributed by atoms with E-state index in [1.807, 2.05) is 0 Å². The van der Waals surface area contributed by atoms with Crippen LogP contribution in [0.3, 0.4) is 0 Å². The average molecular weight is 395 g/mol. The van der Waals surface area contributed by atoms with Gasteiger partial charge in [-0.2, -0.15) is 0 Å². The molecule has 2 aromatic rings. The van der Waals surface area contributed by atoms with E-state index >= 15 is 0 Å². The van der Waals surface area contributed by atoms with Crippen molar-refractivity contribution in [2.45, 2.75) is 18.1 Å². The van der Waals surface area contributed by atoms with Crippen molar-refractivity contribution < 1.29 is 22.0 Å². The summed E-state index contributed by atoms with van der Waals surface area (Å²) in [5.41, 5.74) is 0.872. The van der Waals surface area contributed by atoms with E-state index in [2.05, 4.69) is 5.32 Å². The third-order valence-electron chi connectivity index (χ3n) is 4.60. The lowest BCUT2D eigenvalue weighted by Gasteiger charge is -2.36. The number of halogens is 1. The summed E-state index contributed by atoms with van der Waals surface area (Å²) in [7, 11) is -0.992. The number of rotatable bonds is 4. The second-order valence-electron chi connectivity index (χ2n) is 6.60. The van der Waals surface area contributed by atoms with Gasteiger partial charge in [0, 0.05) is 39.8 Å². The Balaban J connectivity index is 1.95. The predicted molar refractivity (Wildman–Crippen MR) is 97.4 cm³/mol. The van der Waals surface area contributed by atoms with Crippen molar-refractivity contribution in [1.82, 2.24) is 14.5 Å². The molecule has 3 rings (SSSR count). The maximum absolute atomic E-state index is 13.6. The topological polar surface area (TPSA) is 82.9 Å². The van der Waals surface area contributed by atoms with Gasteiger partial charge < -0.3 is 14.6 Å². The van der Waals surface area contributed by atoms with Gasteiger partial charge >= 0.3 is 0 Å². The molecule has 7 nitrogen and oxygen atoms in total. The van der Waals surface area contributed by atoms with Crippen molar-refractivity contribution in [3.63, 3.8) is 0 Å². The molecule has 1 unspecified atom stereocenters. The van der Waals surface area contributed by atoms with E-state index in [0.717, 1.165) is 4.31 Å². The number of benzene rings is 1. The molecule has 1 aliphatic heterocycles. The van der Waals surface area contributed by atoms with Crippen molar-refractivity contribution in [2.24, 2.45) is 0 Å².